The fraction of sp³-hybridized carbons (Fsp3) is 0.917. The molecule has 0 spiro atoms. The van der Waals surface area contributed by atoms with Crippen LogP contribution in [0.2, 0.25) is 0 Å². The summed E-state index contributed by atoms with van der Waals surface area (Å²) in [6.45, 7) is 9.91. The summed E-state index contributed by atoms with van der Waals surface area (Å²) in [6.07, 6.45) is 3.19. The molecule has 1 heterocycles. The molecule has 0 aromatic carbocycles. The molecule has 1 aliphatic heterocycles. The van der Waals surface area contributed by atoms with Crippen LogP contribution in [0.3, 0.4) is 0 Å². The second-order valence-corrected chi connectivity index (χ2v) is 4.73. The zero-order valence-electron chi connectivity index (χ0n) is 10.3. The highest BCUT2D eigenvalue weighted by atomic mass is 16.2. The largest absolute Gasteiger partial charge is 0.342 e. The number of hydrogen-bond acceptors (Lipinski definition) is 2. The van der Waals surface area contributed by atoms with Crippen molar-refractivity contribution in [3.8, 4) is 0 Å². The van der Waals surface area contributed by atoms with Gasteiger partial charge in [0.05, 0.1) is 5.41 Å². The number of nitrogens with zero attached hydrogens (tertiary/aromatic N) is 1. The van der Waals surface area contributed by atoms with E-state index < -0.39 is 0 Å². The number of nitrogens with one attached hydrogen (secondary N) is 1. The van der Waals surface area contributed by atoms with Crippen molar-refractivity contribution in [3.63, 3.8) is 0 Å². The Labute approximate surface area is 93.2 Å². The van der Waals surface area contributed by atoms with Gasteiger partial charge in [-0.1, -0.05) is 6.92 Å². The third-order valence-corrected chi connectivity index (χ3v) is 3.28. The van der Waals surface area contributed by atoms with E-state index in [1.54, 1.807) is 0 Å². The number of amides is 1. The Balaban J connectivity index is 2.62. The summed E-state index contributed by atoms with van der Waals surface area (Å²) in [5, 5.41) is 3.33. The fourth-order valence-corrected chi connectivity index (χ4v) is 2.29. The van der Waals surface area contributed by atoms with Crippen LogP contribution in [-0.4, -0.2) is 37.0 Å². The second-order valence-electron chi connectivity index (χ2n) is 4.73. The highest BCUT2D eigenvalue weighted by Gasteiger charge is 2.36. The lowest BCUT2D eigenvalue weighted by atomic mass is 9.81. The Morgan fingerprint density at radius 2 is 2.20 bits per heavy atom. The van der Waals surface area contributed by atoms with Crippen LogP contribution < -0.4 is 5.32 Å². The van der Waals surface area contributed by atoms with Gasteiger partial charge in [0.15, 0.2) is 0 Å². The van der Waals surface area contributed by atoms with Crippen LogP contribution in [0.4, 0.5) is 0 Å². The van der Waals surface area contributed by atoms with Crippen LogP contribution in [0.5, 0.6) is 0 Å². The first-order valence-corrected chi connectivity index (χ1v) is 6.14. The maximum Gasteiger partial charge on any atom is 0.229 e. The Kier molecular flexibility index (Phi) is 4.58. The van der Waals surface area contributed by atoms with Crippen molar-refractivity contribution in [2.75, 3.05) is 26.2 Å². The van der Waals surface area contributed by atoms with Crippen molar-refractivity contribution in [3.05, 3.63) is 0 Å². The van der Waals surface area contributed by atoms with E-state index >= 15 is 0 Å². The van der Waals surface area contributed by atoms with Crippen molar-refractivity contribution in [2.45, 2.75) is 40.0 Å². The molecule has 0 radical (unpaired) electrons. The van der Waals surface area contributed by atoms with E-state index in [1.807, 2.05) is 4.90 Å². The van der Waals surface area contributed by atoms with Crippen LogP contribution in [0, 0.1) is 5.41 Å². The molecule has 1 aliphatic rings. The summed E-state index contributed by atoms with van der Waals surface area (Å²) >= 11 is 0. The molecule has 3 nitrogen and oxygen atoms in total. The number of hydrogen-bond donors (Lipinski definition) is 1. The molecule has 1 fully saturated rings. The van der Waals surface area contributed by atoms with Gasteiger partial charge < -0.3 is 10.2 Å². The first kappa shape index (κ1) is 12.5. The summed E-state index contributed by atoms with van der Waals surface area (Å²) in [6, 6.07) is 0. The third-order valence-electron chi connectivity index (χ3n) is 3.28. The molecular formula is C12H24N2O. The topological polar surface area (TPSA) is 32.3 Å². The van der Waals surface area contributed by atoms with Gasteiger partial charge in [0.25, 0.3) is 0 Å². The van der Waals surface area contributed by atoms with E-state index in [0.29, 0.717) is 5.91 Å². The average Bonchev–Trinajstić information content (AvgIpc) is 2.26. The monoisotopic (exact) mass is 212 g/mol. The van der Waals surface area contributed by atoms with Crippen LogP contribution in [-0.2, 0) is 4.79 Å². The van der Waals surface area contributed by atoms with Gasteiger partial charge in [-0.05, 0) is 39.7 Å². The van der Waals surface area contributed by atoms with Gasteiger partial charge in [-0.3, -0.25) is 4.79 Å². The molecule has 1 unspecified atom stereocenters. The Morgan fingerprint density at radius 1 is 1.47 bits per heavy atom. The minimum Gasteiger partial charge on any atom is -0.342 e. The molecular weight excluding hydrogens is 188 g/mol. The fourth-order valence-electron chi connectivity index (χ4n) is 2.29. The van der Waals surface area contributed by atoms with Gasteiger partial charge in [0, 0.05) is 19.6 Å². The van der Waals surface area contributed by atoms with Crippen molar-refractivity contribution >= 4 is 5.91 Å². The van der Waals surface area contributed by atoms with Gasteiger partial charge in [-0.25, -0.2) is 0 Å². The highest BCUT2D eigenvalue weighted by molar-refractivity contribution is 5.82. The van der Waals surface area contributed by atoms with E-state index in [-0.39, 0.29) is 5.41 Å². The predicted octanol–water partition coefficient (Wildman–Crippen LogP) is 1.63. The summed E-state index contributed by atoms with van der Waals surface area (Å²) in [5.41, 5.74) is -0.163. The first-order chi connectivity index (χ1) is 7.14. The lowest BCUT2D eigenvalue weighted by molar-refractivity contribution is -0.142. The first-order valence-electron chi connectivity index (χ1n) is 6.14. The molecule has 1 rings (SSSR count). The van der Waals surface area contributed by atoms with Gasteiger partial charge in [0.1, 0.15) is 0 Å². The molecule has 1 amide bonds. The highest BCUT2D eigenvalue weighted by Crippen LogP contribution is 2.27. The van der Waals surface area contributed by atoms with Crippen LogP contribution >= 0.6 is 0 Å². The van der Waals surface area contributed by atoms with Crippen molar-refractivity contribution in [2.24, 2.45) is 5.41 Å². The molecule has 0 bridgehead atoms. The van der Waals surface area contributed by atoms with Crippen molar-refractivity contribution in [1.82, 2.24) is 10.2 Å². The summed E-state index contributed by atoms with van der Waals surface area (Å²) in [7, 11) is 0. The van der Waals surface area contributed by atoms with Crippen LogP contribution in [0.15, 0.2) is 0 Å². The Hall–Kier alpha value is -0.570. The predicted molar refractivity (Wildman–Crippen MR) is 62.8 cm³/mol. The molecule has 1 atom stereocenters. The molecule has 1 saturated heterocycles. The molecule has 15 heavy (non-hydrogen) atoms. The molecule has 0 aliphatic carbocycles. The van der Waals surface area contributed by atoms with E-state index in [4.69, 9.17) is 0 Å². The molecule has 0 aromatic rings. The number of rotatable bonds is 4. The molecule has 1 N–H and O–H groups in total. The lowest BCUT2D eigenvalue weighted by Gasteiger charge is -2.37. The van der Waals surface area contributed by atoms with E-state index in [0.717, 1.165) is 45.4 Å². The van der Waals surface area contributed by atoms with Gasteiger partial charge in [-0.2, -0.15) is 0 Å². The van der Waals surface area contributed by atoms with Crippen molar-refractivity contribution in [1.29, 1.82) is 0 Å². The molecule has 3 heteroatoms. The number of carbonyl (C=O) groups is 1. The summed E-state index contributed by atoms with van der Waals surface area (Å²) < 4.78 is 0. The minimum absolute atomic E-state index is 0.163. The number of piperidine rings is 1. The van der Waals surface area contributed by atoms with Gasteiger partial charge in [-0.15, -0.1) is 0 Å². The standard InChI is InChI=1S/C12H24N2O/c1-4-9-14(5-2)11(15)12(3)7-6-8-13-10-12/h13H,4-10H2,1-3H3. The number of carbonyl (C=O) groups excluding carboxylic acids is 1. The smallest absolute Gasteiger partial charge is 0.229 e. The molecule has 0 aromatic heterocycles. The maximum atomic E-state index is 12.3. The lowest BCUT2D eigenvalue weighted by Crippen LogP contribution is -2.50. The normalized spacial score (nSPS) is 26.3. The van der Waals surface area contributed by atoms with E-state index in [1.165, 1.54) is 0 Å². The van der Waals surface area contributed by atoms with Crippen LogP contribution in [0.25, 0.3) is 0 Å². The molecule has 88 valence electrons. The van der Waals surface area contributed by atoms with E-state index in [9.17, 15) is 4.79 Å². The summed E-state index contributed by atoms with van der Waals surface area (Å²) in [5.74, 6) is 0.332. The van der Waals surface area contributed by atoms with Gasteiger partial charge in [0.2, 0.25) is 5.91 Å². The van der Waals surface area contributed by atoms with Crippen LogP contribution in [0.1, 0.15) is 40.0 Å². The Bertz CT molecular complexity index is 210. The average molecular weight is 212 g/mol. The quantitative estimate of drug-likeness (QED) is 0.768. The third kappa shape index (κ3) is 2.94. The summed E-state index contributed by atoms with van der Waals surface area (Å²) in [4.78, 5) is 14.3. The molecule has 0 saturated carbocycles. The zero-order chi connectivity index (χ0) is 11.3. The zero-order valence-corrected chi connectivity index (χ0v) is 10.3. The second kappa shape index (κ2) is 5.50. The minimum atomic E-state index is -0.163. The Morgan fingerprint density at radius 3 is 2.67 bits per heavy atom. The van der Waals surface area contributed by atoms with Crippen molar-refractivity contribution < 1.29 is 4.79 Å². The maximum absolute atomic E-state index is 12.3. The van der Waals surface area contributed by atoms with E-state index in [2.05, 4.69) is 26.1 Å². The SMILES string of the molecule is CCCN(CC)C(=O)C1(C)CCCNC1. The van der Waals surface area contributed by atoms with Gasteiger partial charge >= 0.3 is 0 Å².